The number of rotatable bonds is 2. The Hall–Kier alpha value is -1.39. The largest absolute Gasteiger partial charge is 0.416 e. The molecule has 1 aliphatic rings. The fraction of sp³-hybridized carbons (Fsp3) is 0.533. The molecule has 2 rings (SSSR count). The first-order chi connectivity index (χ1) is 9.29. The van der Waals surface area contributed by atoms with Gasteiger partial charge in [-0.1, -0.05) is 19.8 Å². The molecule has 1 aromatic carbocycles. The highest BCUT2D eigenvalue weighted by molar-refractivity contribution is 5.98. The third-order valence-corrected chi connectivity index (χ3v) is 3.95. The summed E-state index contributed by atoms with van der Waals surface area (Å²) in [5.74, 6) is -1.21. The predicted molar refractivity (Wildman–Crippen MR) is 66.9 cm³/mol. The summed E-state index contributed by atoms with van der Waals surface area (Å²) in [7, 11) is 0. The first-order valence-corrected chi connectivity index (χ1v) is 6.70. The van der Waals surface area contributed by atoms with Crippen molar-refractivity contribution >= 4 is 5.78 Å². The molecule has 0 spiro atoms. The van der Waals surface area contributed by atoms with Crippen LogP contribution in [0.5, 0.6) is 0 Å². The highest BCUT2D eigenvalue weighted by Crippen LogP contribution is 2.34. The lowest BCUT2D eigenvalue weighted by Gasteiger charge is -2.25. The second-order valence-electron chi connectivity index (χ2n) is 5.51. The van der Waals surface area contributed by atoms with Gasteiger partial charge in [-0.25, -0.2) is 4.39 Å². The topological polar surface area (TPSA) is 17.1 Å². The highest BCUT2D eigenvalue weighted by Gasteiger charge is 2.33. The van der Waals surface area contributed by atoms with Crippen molar-refractivity contribution in [2.45, 2.75) is 38.8 Å². The van der Waals surface area contributed by atoms with E-state index in [2.05, 4.69) is 6.92 Å². The molecule has 0 radical (unpaired) electrons. The third-order valence-electron chi connectivity index (χ3n) is 3.95. The van der Waals surface area contributed by atoms with Crippen LogP contribution in [-0.4, -0.2) is 5.78 Å². The molecular weight excluding hydrogens is 272 g/mol. The minimum atomic E-state index is -4.57. The van der Waals surface area contributed by atoms with Gasteiger partial charge in [0.1, 0.15) is 5.82 Å². The summed E-state index contributed by atoms with van der Waals surface area (Å²) in [5.41, 5.74) is -1.41. The Morgan fingerprint density at radius 1 is 1.15 bits per heavy atom. The van der Waals surface area contributed by atoms with Crippen LogP contribution in [0.3, 0.4) is 0 Å². The third kappa shape index (κ3) is 3.19. The molecule has 0 amide bonds. The van der Waals surface area contributed by atoms with Gasteiger partial charge in [0.05, 0.1) is 11.1 Å². The van der Waals surface area contributed by atoms with Crippen molar-refractivity contribution in [3.8, 4) is 0 Å². The standard InChI is InChI=1S/C15H16F4O/c1-9-2-4-10(5-3-9)14(20)12-8-11(15(17,18)19)6-7-13(12)16/h6-10H,2-5H2,1H3. The van der Waals surface area contributed by atoms with Crippen molar-refractivity contribution in [3.63, 3.8) is 0 Å². The number of halogens is 4. The first kappa shape index (κ1) is 15.0. The number of carbonyl (C=O) groups excluding carboxylic acids is 1. The number of ketones is 1. The molecule has 20 heavy (non-hydrogen) atoms. The smallest absolute Gasteiger partial charge is 0.294 e. The SMILES string of the molecule is CC1CCC(C(=O)c2cc(C(F)(F)F)ccc2F)CC1. The van der Waals surface area contributed by atoms with Crippen LogP contribution in [0.4, 0.5) is 17.6 Å². The average Bonchev–Trinajstić information content (AvgIpc) is 2.38. The fourth-order valence-corrected chi connectivity index (χ4v) is 2.63. The zero-order chi connectivity index (χ0) is 14.9. The molecule has 1 aromatic rings. The Balaban J connectivity index is 2.25. The van der Waals surface area contributed by atoms with Crippen molar-refractivity contribution < 1.29 is 22.4 Å². The lowest BCUT2D eigenvalue weighted by molar-refractivity contribution is -0.137. The summed E-state index contributed by atoms with van der Waals surface area (Å²) in [6.45, 7) is 2.07. The number of carbonyl (C=O) groups is 1. The Morgan fingerprint density at radius 2 is 1.75 bits per heavy atom. The fourth-order valence-electron chi connectivity index (χ4n) is 2.63. The quantitative estimate of drug-likeness (QED) is 0.561. The van der Waals surface area contributed by atoms with Crippen molar-refractivity contribution in [2.24, 2.45) is 11.8 Å². The van der Waals surface area contributed by atoms with Crippen LogP contribution in [0.1, 0.15) is 48.5 Å². The molecule has 0 aliphatic heterocycles. The van der Waals surface area contributed by atoms with Crippen LogP contribution < -0.4 is 0 Å². The molecule has 1 fully saturated rings. The summed E-state index contributed by atoms with van der Waals surface area (Å²) in [6.07, 6.45) is -1.61. The van der Waals surface area contributed by atoms with Crippen molar-refractivity contribution in [3.05, 3.63) is 35.1 Å². The summed E-state index contributed by atoms with van der Waals surface area (Å²) in [4.78, 5) is 12.2. The van der Waals surface area contributed by atoms with Gasteiger partial charge in [-0.05, 0) is 37.0 Å². The second kappa shape index (κ2) is 5.54. The van der Waals surface area contributed by atoms with E-state index in [0.29, 0.717) is 30.9 Å². The summed E-state index contributed by atoms with van der Waals surface area (Å²) >= 11 is 0. The van der Waals surface area contributed by atoms with E-state index in [4.69, 9.17) is 0 Å². The van der Waals surface area contributed by atoms with Crippen molar-refractivity contribution in [2.75, 3.05) is 0 Å². The lowest BCUT2D eigenvalue weighted by Crippen LogP contribution is -2.22. The molecule has 0 unspecified atom stereocenters. The monoisotopic (exact) mass is 288 g/mol. The molecule has 0 N–H and O–H groups in total. The van der Waals surface area contributed by atoms with E-state index in [0.717, 1.165) is 18.9 Å². The van der Waals surface area contributed by atoms with Crippen molar-refractivity contribution in [1.82, 2.24) is 0 Å². The normalized spacial score (nSPS) is 23.6. The van der Waals surface area contributed by atoms with E-state index >= 15 is 0 Å². The average molecular weight is 288 g/mol. The van der Waals surface area contributed by atoms with Crippen molar-refractivity contribution in [1.29, 1.82) is 0 Å². The van der Waals surface area contributed by atoms with Crippen LogP contribution in [-0.2, 0) is 6.18 Å². The zero-order valence-corrected chi connectivity index (χ0v) is 11.1. The highest BCUT2D eigenvalue weighted by atomic mass is 19.4. The minimum Gasteiger partial charge on any atom is -0.294 e. The van der Waals surface area contributed by atoms with E-state index in [1.807, 2.05) is 0 Å². The predicted octanol–water partition coefficient (Wildman–Crippen LogP) is 4.85. The molecule has 0 aromatic heterocycles. The molecule has 0 atom stereocenters. The number of alkyl halides is 3. The summed E-state index contributed by atoms with van der Waals surface area (Å²) in [6, 6.07) is 2.02. The Labute approximate surface area is 115 Å². The van der Waals surface area contributed by atoms with Gasteiger partial charge in [0, 0.05) is 5.92 Å². The molecular formula is C15H16F4O. The van der Waals surface area contributed by atoms with E-state index in [-0.39, 0.29) is 5.92 Å². The molecule has 5 heteroatoms. The lowest BCUT2D eigenvalue weighted by atomic mass is 9.79. The number of hydrogen-bond donors (Lipinski definition) is 0. The molecule has 1 saturated carbocycles. The number of hydrogen-bond acceptors (Lipinski definition) is 1. The second-order valence-corrected chi connectivity index (χ2v) is 5.51. The van der Waals surface area contributed by atoms with Crippen LogP contribution in [0.2, 0.25) is 0 Å². The zero-order valence-electron chi connectivity index (χ0n) is 11.1. The molecule has 1 aliphatic carbocycles. The molecule has 0 bridgehead atoms. The Morgan fingerprint density at radius 3 is 2.30 bits per heavy atom. The molecule has 0 saturated heterocycles. The maximum absolute atomic E-state index is 13.7. The van der Waals surface area contributed by atoms with E-state index in [1.165, 1.54) is 0 Å². The van der Waals surface area contributed by atoms with Gasteiger partial charge in [-0.3, -0.25) is 4.79 Å². The van der Waals surface area contributed by atoms with Crippen LogP contribution >= 0.6 is 0 Å². The maximum Gasteiger partial charge on any atom is 0.416 e. The molecule has 110 valence electrons. The van der Waals surface area contributed by atoms with E-state index < -0.39 is 28.9 Å². The van der Waals surface area contributed by atoms with Gasteiger partial charge < -0.3 is 0 Å². The minimum absolute atomic E-state index is 0.357. The van der Waals surface area contributed by atoms with Gasteiger partial charge in [0.2, 0.25) is 0 Å². The Bertz CT molecular complexity index is 499. The molecule has 1 nitrogen and oxygen atoms in total. The van der Waals surface area contributed by atoms with Crippen LogP contribution in [0, 0.1) is 17.7 Å². The maximum atomic E-state index is 13.7. The first-order valence-electron chi connectivity index (χ1n) is 6.70. The van der Waals surface area contributed by atoms with Crippen LogP contribution in [0.25, 0.3) is 0 Å². The van der Waals surface area contributed by atoms with Gasteiger partial charge in [-0.15, -0.1) is 0 Å². The molecule has 0 heterocycles. The van der Waals surface area contributed by atoms with Gasteiger partial charge in [-0.2, -0.15) is 13.2 Å². The van der Waals surface area contributed by atoms with E-state index in [9.17, 15) is 22.4 Å². The van der Waals surface area contributed by atoms with Gasteiger partial charge in [0.25, 0.3) is 0 Å². The van der Waals surface area contributed by atoms with Crippen LogP contribution in [0.15, 0.2) is 18.2 Å². The summed E-state index contributed by atoms with van der Waals surface area (Å²) in [5, 5.41) is 0. The number of Topliss-reactive ketones (excluding diaryl/α,β-unsaturated/α-hetero) is 1. The summed E-state index contributed by atoms with van der Waals surface area (Å²) < 4.78 is 51.5. The van der Waals surface area contributed by atoms with Gasteiger partial charge in [0.15, 0.2) is 5.78 Å². The Kier molecular flexibility index (Phi) is 4.16. The van der Waals surface area contributed by atoms with E-state index in [1.54, 1.807) is 0 Å². The van der Waals surface area contributed by atoms with Gasteiger partial charge >= 0.3 is 6.18 Å². The number of benzene rings is 1.